The van der Waals surface area contributed by atoms with Crippen LogP contribution >= 0.6 is 0 Å². The number of nitrogens with zero attached hydrogens (tertiary/aromatic N) is 1. The van der Waals surface area contributed by atoms with Crippen molar-refractivity contribution in [3.05, 3.63) is 102 Å². The summed E-state index contributed by atoms with van der Waals surface area (Å²) in [6.45, 7) is 6.97. The molecule has 4 aromatic rings. The molecule has 0 aliphatic carbocycles. The van der Waals surface area contributed by atoms with Crippen molar-refractivity contribution in [2.45, 2.75) is 45.9 Å². The average molecular weight is 508 g/mol. The maximum atomic E-state index is 12.8. The number of fused-ring (bicyclic) bond motifs is 2. The van der Waals surface area contributed by atoms with E-state index in [1.54, 1.807) is 4.90 Å². The van der Waals surface area contributed by atoms with Gasteiger partial charge in [0.15, 0.2) is 0 Å². The first-order valence-electron chi connectivity index (χ1n) is 13.0. The minimum atomic E-state index is -0.553. The van der Waals surface area contributed by atoms with Crippen LogP contribution < -0.4 is 10.6 Å². The molecule has 6 heteroatoms. The van der Waals surface area contributed by atoms with Gasteiger partial charge in [-0.2, -0.15) is 0 Å². The van der Waals surface area contributed by atoms with Crippen molar-refractivity contribution in [3.63, 3.8) is 0 Å². The minimum Gasteiger partial charge on any atom is -0.444 e. The Morgan fingerprint density at radius 3 is 2.37 bits per heavy atom. The van der Waals surface area contributed by atoms with Crippen LogP contribution in [0.2, 0.25) is 0 Å². The van der Waals surface area contributed by atoms with Gasteiger partial charge in [0.05, 0.1) is 6.54 Å². The smallest absolute Gasteiger partial charge is 0.410 e. The number of anilines is 1. The third kappa shape index (κ3) is 5.97. The molecule has 0 fully saturated rings. The third-order valence-electron chi connectivity index (χ3n) is 6.66. The molecule has 0 spiro atoms. The van der Waals surface area contributed by atoms with Crippen molar-refractivity contribution < 1.29 is 14.3 Å². The van der Waals surface area contributed by atoms with E-state index in [1.165, 1.54) is 10.8 Å². The molecule has 0 saturated carbocycles. The summed E-state index contributed by atoms with van der Waals surface area (Å²) in [6.07, 6.45) is 0.379. The second kappa shape index (κ2) is 10.6. The van der Waals surface area contributed by atoms with E-state index in [4.69, 9.17) is 4.74 Å². The van der Waals surface area contributed by atoms with E-state index in [0.29, 0.717) is 25.3 Å². The van der Waals surface area contributed by atoms with E-state index < -0.39 is 5.60 Å². The van der Waals surface area contributed by atoms with E-state index in [0.717, 1.165) is 34.2 Å². The number of rotatable bonds is 4. The van der Waals surface area contributed by atoms with E-state index in [1.807, 2.05) is 63.2 Å². The van der Waals surface area contributed by atoms with Crippen LogP contribution in [0.15, 0.2) is 84.9 Å². The normalized spacial score (nSPS) is 13.1. The zero-order chi connectivity index (χ0) is 26.7. The van der Waals surface area contributed by atoms with Gasteiger partial charge < -0.3 is 20.3 Å². The highest BCUT2D eigenvalue weighted by atomic mass is 16.6. The predicted octanol–water partition coefficient (Wildman–Crippen LogP) is 7.12. The fraction of sp³-hybridized carbons (Fsp3) is 0.250. The van der Waals surface area contributed by atoms with Crippen molar-refractivity contribution in [1.29, 1.82) is 0 Å². The zero-order valence-corrected chi connectivity index (χ0v) is 22.1. The molecule has 38 heavy (non-hydrogen) atoms. The van der Waals surface area contributed by atoms with Crippen LogP contribution in [-0.4, -0.2) is 29.2 Å². The molecular weight excluding hydrogens is 474 g/mol. The summed E-state index contributed by atoms with van der Waals surface area (Å²) in [7, 11) is 0. The maximum absolute atomic E-state index is 12.8. The number of hydrogen-bond acceptors (Lipinski definition) is 3. The molecule has 5 rings (SSSR count). The van der Waals surface area contributed by atoms with Crippen molar-refractivity contribution in [3.8, 4) is 11.1 Å². The Balaban J connectivity index is 1.20. The van der Waals surface area contributed by atoms with Gasteiger partial charge in [0, 0.05) is 18.8 Å². The van der Waals surface area contributed by atoms with Gasteiger partial charge in [0.1, 0.15) is 5.60 Å². The maximum Gasteiger partial charge on any atom is 0.410 e. The number of carbonyl (C=O) groups excluding carboxylic acids is 2. The Morgan fingerprint density at radius 2 is 1.61 bits per heavy atom. The first kappa shape index (κ1) is 25.3. The van der Waals surface area contributed by atoms with Crippen LogP contribution in [0.5, 0.6) is 0 Å². The molecule has 0 saturated heterocycles. The molecule has 3 amide bonds. The van der Waals surface area contributed by atoms with Gasteiger partial charge >= 0.3 is 12.1 Å². The SMILES string of the molecule is CC(C)(C)OC(=O)N1CCc2cccc(NC(=O)NCc3ccc(-c4ccc5ccccc5c4)cc3)c2C1. The lowest BCUT2D eigenvalue weighted by molar-refractivity contribution is 0.0224. The summed E-state index contributed by atoms with van der Waals surface area (Å²) in [5, 5.41) is 8.36. The number of urea groups is 1. The number of carbonyl (C=O) groups is 2. The second-order valence-electron chi connectivity index (χ2n) is 10.7. The highest BCUT2D eigenvalue weighted by molar-refractivity contribution is 5.90. The number of amides is 3. The lowest BCUT2D eigenvalue weighted by Gasteiger charge is -2.32. The average Bonchev–Trinajstić information content (AvgIpc) is 2.91. The van der Waals surface area contributed by atoms with Crippen LogP contribution in [-0.2, 0) is 24.2 Å². The van der Waals surface area contributed by atoms with Crippen LogP contribution in [0.4, 0.5) is 15.3 Å². The summed E-state index contributed by atoms with van der Waals surface area (Å²) >= 11 is 0. The monoisotopic (exact) mass is 507 g/mol. The molecule has 1 aliphatic rings. The topological polar surface area (TPSA) is 70.7 Å². The standard InChI is InChI=1S/C32H33N3O3/c1-32(2,3)38-31(37)35-18-17-25-9-6-10-29(28(25)21-35)34-30(36)33-20-22-11-13-24(14-12-22)27-16-15-23-7-4-5-8-26(23)19-27/h4-16,19H,17-18,20-21H2,1-3H3,(H2,33,34,36). The summed E-state index contributed by atoms with van der Waals surface area (Å²) in [4.78, 5) is 27.0. The Morgan fingerprint density at radius 1 is 0.868 bits per heavy atom. The molecule has 0 bridgehead atoms. The van der Waals surface area contributed by atoms with Crippen LogP contribution in [0.25, 0.3) is 21.9 Å². The molecule has 1 aliphatic heterocycles. The highest BCUT2D eigenvalue weighted by Crippen LogP contribution is 2.28. The van der Waals surface area contributed by atoms with Crippen molar-refractivity contribution in [2.24, 2.45) is 0 Å². The van der Waals surface area contributed by atoms with Gasteiger partial charge in [0.2, 0.25) is 0 Å². The highest BCUT2D eigenvalue weighted by Gasteiger charge is 2.27. The summed E-state index contributed by atoms with van der Waals surface area (Å²) in [6, 6.07) is 28.6. The molecule has 0 atom stereocenters. The molecule has 4 aromatic carbocycles. The molecule has 2 N–H and O–H groups in total. The third-order valence-corrected chi connectivity index (χ3v) is 6.66. The fourth-order valence-electron chi connectivity index (χ4n) is 4.71. The van der Waals surface area contributed by atoms with Gasteiger partial charge in [-0.05, 0) is 77.9 Å². The van der Waals surface area contributed by atoms with Crippen molar-refractivity contribution in [2.75, 3.05) is 11.9 Å². The number of nitrogens with one attached hydrogen (secondary N) is 2. The van der Waals surface area contributed by atoms with Crippen molar-refractivity contribution >= 4 is 28.6 Å². The minimum absolute atomic E-state index is 0.286. The first-order valence-corrected chi connectivity index (χ1v) is 13.0. The fourth-order valence-corrected chi connectivity index (χ4v) is 4.71. The van der Waals surface area contributed by atoms with Gasteiger partial charge in [-0.25, -0.2) is 9.59 Å². The molecule has 0 unspecified atom stereocenters. The number of hydrogen-bond donors (Lipinski definition) is 2. The Bertz CT molecular complexity index is 1470. The summed E-state index contributed by atoms with van der Waals surface area (Å²) in [5.74, 6) is 0. The largest absolute Gasteiger partial charge is 0.444 e. The molecule has 6 nitrogen and oxygen atoms in total. The number of benzene rings is 4. The molecule has 194 valence electrons. The Labute approximate surface area is 223 Å². The second-order valence-corrected chi connectivity index (χ2v) is 10.7. The van der Waals surface area contributed by atoms with E-state index in [9.17, 15) is 9.59 Å². The lowest BCUT2D eigenvalue weighted by atomic mass is 9.98. The Kier molecular flexibility index (Phi) is 7.05. The van der Waals surface area contributed by atoms with Crippen LogP contribution in [0.1, 0.15) is 37.5 Å². The van der Waals surface area contributed by atoms with Crippen LogP contribution in [0.3, 0.4) is 0 Å². The quantitative estimate of drug-likeness (QED) is 0.309. The zero-order valence-electron chi connectivity index (χ0n) is 22.1. The predicted molar refractivity (Wildman–Crippen MR) is 152 cm³/mol. The molecule has 0 aromatic heterocycles. The summed E-state index contributed by atoms with van der Waals surface area (Å²) in [5.41, 5.74) is 5.54. The lowest BCUT2D eigenvalue weighted by Crippen LogP contribution is -2.40. The van der Waals surface area contributed by atoms with Crippen LogP contribution in [0, 0.1) is 0 Å². The van der Waals surface area contributed by atoms with Crippen molar-refractivity contribution in [1.82, 2.24) is 10.2 Å². The number of ether oxygens (including phenoxy) is 1. The van der Waals surface area contributed by atoms with Gasteiger partial charge in [-0.15, -0.1) is 0 Å². The summed E-state index contributed by atoms with van der Waals surface area (Å²) < 4.78 is 5.54. The Hall–Kier alpha value is -4.32. The van der Waals surface area contributed by atoms with Gasteiger partial charge in [-0.3, -0.25) is 0 Å². The van der Waals surface area contributed by atoms with Gasteiger partial charge in [-0.1, -0.05) is 72.8 Å². The molecular formula is C32H33N3O3. The molecule has 0 radical (unpaired) electrons. The van der Waals surface area contributed by atoms with E-state index in [2.05, 4.69) is 53.1 Å². The first-order chi connectivity index (χ1) is 18.2. The van der Waals surface area contributed by atoms with E-state index >= 15 is 0 Å². The molecule has 1 heterocycles. The van der Waals surface area contributed by atoms with Gasteiger partial charge in [0.25, 0.3) is 0 Å². The van der Waals surface area contributed by atoms with E-state index in [-0.39, 0.29) is 12.1 Å².